The largest absolute Gasteiger partial charge is 0.322 e. The molecule has 7 heteroatoms. The number of rotatable bonds is 3. The van der Waals surface area contributed by atoms with Gasteiger partial charge in [0.15, 0.2) is 17.5 Å². The molecule has 0 spiro atoms. The van der Waals surface area contributed by atoms with Crippen molar-refractivity contribution in [2.45, 2.75) is 6.92 Å². The molecule has 0 saturated carbocycles. The lowest BCUT2D eigenvalue weighted by molar-refractivity contribution is 0.102. The van der Waals surface area contributed by atoms with Gasteiger partial charge in [-0.05, 0) is 37.3 Å². The summed E-state index contributed by atoms with van der Waals surface area (Å²) in [5.41, 5.74) is 2.31. The molecule has 24 heavy (non-hydrogen) atoms. The number of nitrogens with zero attached hydrogens (tertiary/aromatic N) is 1. The van der Waals surface area contributed by atoms with Gasteiger partial charge in [-0.3, -0.25) is 9.89 Å². The molecule has 2 N–H and O–H groups in total. The zero-order chi connectivity index (χ0) is 17.3. The molecule has 0 bridgehead atoms. The second-order valence-corrected chi connectivity index (χ2v) is 5.19. The van der Waals surface area contributed by atoms with Crippen molar-refractivity contribution in [2.24, 2.45) is 0 Å². The molecule has 3 rings (SSSR count). The number of nitrogens with one attached hydrogen (secondary N) is 2. The van der Waals surface area contributed by atoms with Gasteiger partial charge in [0.05, 0.1) is 11.3 Å². The quantitative estimate of drug-likeness (QED) is 0.711. The lowest BCUT2D eigenvalue weighted by Gasteiger charge is -2.07. The lowest BCUT2D eigenvalue weighted by atomic mass is 10.1. The number of H-pyrrole nitrogens is 1. The number of anilines is 1. The molecule has 0 aliphatic heterocycles. The van der Waals surface area contributed by atoms with Gasteiger partial charge < -0.3 is 5.32 Å². The van der Waals surface area contributed by atoms with Crippen LogP contribution in [-0.2, 0) is 0 Å². The molecule has 0 unspecified atom stereocenters. The Morgan fingerprint density at radius 2 is 1.75 bits per heavy atom. The number of carbonyl (C=O) groups is 1. The number of aromatic amines is 1. The zero-order valence-electron chi connectivity index (χ0n) is 12.5. The highest BCUT2D eigenvalue weighted by atomic mass is 19.2. The van der Waals surface area contributed by atoms with Crippen molar-refractivity contribution in [3.05, 3.63) is 71.2 Å². The third-order valence-electron chi connectivity index (χ3n) is 3.42. The Morgan fingerprint density at radius 1 is 1.04 bits per heavy atom. The Kier molecular flexibility index (Phi) is 4.07. The van der Waals surface area contributed by atoms with E-state index in [4.69, 9.17) is 0 Å². The van der Waals surface area contributed by atoms with Crippen molar-refractivity contribution in [3.63, 3.8) is 0 Å². The van der Waals surface area contributed by atoms with E-state index in [-0.39, 0.29) is 0 Å². The van der Waals surface area contributed by atoms with E-state index in [0.717, 1.165) is 23.0 Å². The first-order valence-corrected chi connectivity index (χ1v) is 7.03. The van der Waals surface area contributed by atoms with Crippen molar-refractivity contribution >= 4 is 11.6 Å². The third kappa shape index (κ3) is 3.01. The molecule has 4 nitrogen and oxygen atoms in total. The fraction of sp³-hybridized carbons (Fsp3) is 0.0588. The van der Waals surface area contributed by atoms with Crippen LogP contribution in [0.2, 0.25) is 0 Å². The Labute approximate surface area is 135 Å². The summed E-state index contributed by atoms with van der Waals surface area (Å²) in [4.78, 5) is 12.0. The molecule has 0 atom stereocenters. The number of benzene rings is 2. The van der Waals surface area contributed by atoms with Crippen LogP contribution >= 0.6 is 0 Å². The van der Waals surface area contributed by atoms with Crippen LogP contribution in [0.4, 0.5) is 18.9 Å². The van der Waals surface area contributed by atoms with Crippen LogP contribution < -0.4 is 5.32 Å². The maximum atomic E-state index is 13.6. The second kappa shape index (κ2) is 6.19. The number of hydrogen-bond donors (Lipinski definition) is 2. The first kappa shape index (κ1) is 15.8. The molecule has 1 amide bonds. The number of aromatic nitrogens is 2. The highest BCUT2D eigenvalue weighted by molar-refractivity contribution is 6.04. The van der Waals surface area contributed by atoms with Gasteiger partial charge in [0, 0.05) is 16.9 Å². The SMILES string of the molecule is Cc1cc(-c2ccc(NC(=O)c3ccc(F)c(F)c3F)cc2)n[nH]1. The van der Waals surface area contributed by atoms with E-state index < -0.39 is 28.9 Å². The van der Waals surface area contributed by atoms with Crippen molar-refractivity contribution < 1.29 is 18.0 Å². The van der Waals surface area contributed by atoms with Crippen molar-refractivity contribution in [2.75, 3.05) is 5.32 Å². The minimum atomic E-state index is -1.67. The van der Waals surface area contributed by atoms with Gasteiger partial charge in [0.1, 0.15) is 0 Å². The second-order valence-electron chi connectivity index (χ2n) is 5.19. The lowest BCUT2D eigenvalue weighted by Crippen LogP contribution is -2.15. The zero-order valence-corrected chi connectivity index (χ0v) is 12.5. The van der Waals surface area contributed by atoms with Gasteiger partial charge in [-0.2, -0.15) is 5.10 Å². The van der Waals surface area contributed by atoms with Gasteiger partial charge >= 0.3 is 0 Å². The Morgan fingerprint density at radius 3 is 2.38 bits per heavy atom. The van der Waals surface area contributed by atoms with Crippen LogP contribution in [0, 0.1) is 24.4 Å². The first-order chi connectivity index (χ1) is 11.5. The van der Waals surface area contributed by atoms with E-state index in [2.05, 4.69) is 15.5 Å². The minimum absolute atomic E-state index is 0.389. The van der Waals surface area contributed by atoms with E-state index in [0.29, 0.717) is 11.8 Å². The topological polar surface area (TPSA) is 57.8 Å². The molecule has 1 aromatic heterocycles. The molecule has 122 valence electrons. The van der Waals surface area contributed by atoms with Gasteiger partial charge in [0.2, 0.25) is 0 Å². The summed E-state index contributed by atoms with van der Waals surface area (Å²) in [7, 11) is 0. The average Bonchev–Trinajstić information content (AvgIpc) is 3.00. The first-order valence-electron chi connectivity index (χ1n) is 7.03. The van der Waals surface area contributed by atoms with E-state index in [1.807, 2.05) is 13.0 Å². The predicted molar refractivity (Wildman–Crippen MR) is 83.0 cm³/mol. The summed E-state index contributed by atoms with van der Waals surface area (Å²) in [6.07, 6.45) is 0. The normalized spacial score (nSPS) is 10.7. The number of halogens is 3. The highest BCUT2D eigenvalue weighted by Crippen LogP contribution is 2.21. The Balaban J connectivity index is 1.79. The summed E-state index contributed by atoms with van der Waals surface area (Å²) < 4.78 is 39.7. The number of aryl methyl sites for hydroxylation is 1. The van der Waals surface area contributed by atoms with Crippen molar-refractivity contribution in [1.29, 1.82) is 0 Å². The summed E-state index contributed by atoms with van der Waals surface area (Å²) in [6.45, 7) is 1.88. The number of amides is 1. The molecule has 0 fully saturated rings. The van der Waals surface area contributed by atoms with E-state index in [9.17, 15) is 18.0 Å². The van der Waals surface area contributed by atoms with Crippen LogP contribution in [-0.4, -0.2) is 16.1 Å². The maximum absolute atomic E-state index is 13.6. The molecule has 0 saturated heterocycles. The fourth-order valence-corrected chi connectivity index (χ4v) is 2.19. The van der Waals surface area contributed by atoms with E-state index in [1.165, 1.54) is 0 Å². The summed E-state index contributed by atoms with van der Waals surface area (Å²) >= 11 is 0. The van der Waals surface area contributed by atoms with Gasteiger partial charge in [-0.25, -0.2) is 13.2 Å². The molecule has 3 aromatic rings. The number of hydrogen-bond acceptors (Lipinski definition) is 2. The standard InChI is InChI=1S/C17H12F3N3O/c1-9-8-14(23-22-9)10-2-4-11(5-3-10)21-17(24)12-6-7-13(18)16(20)15(12)19/h2-8H,1H3,(H,21,24)(H,22,23). The summed E-state index contributed by atoms with van der Waals surface area (Å²) in [5, 5.41) is 9.37. The molecule has 2 aromatic carbocycles. The van der Waals surface area contributed by atoms with Gasteiger partial charge in [0.25, 0.3) is 5.91 Å². The highest BCUT2D eigenvalue weighted by Gasteiger charge is 2.18. The van der Waals surface area contributed by atoms with E-state index in [1.54, 1.807) is 24.3 Å². The number of carbonyl (C=O) groups excluding carboxylic acids is 1. The van der Waals surface area contributed by atoms with Gasteiger partial charge in [-0.1, -0.05) is 12.1 Å². The Hall–Kier alpha value is -3.09. The third-order valence-corrected chi connectivity index (χ3v) is 3.42. The molecular weight excluding hydrogens is 319 g/mol. The fourth-order valence-electron chi connectivity index (χ4n) is 2.19. The van der Waals surface area contributed by atoms with Crippen LogP contribution in [0.1, 0.15) is 16.1 Å². The monoisotopic (exact) mass is 331 g/mol. The smallest absolute Gasteiger partial charge is 0.258 e. The molecular formula is C17H12F3N3O. The van der Waals surface area contributed by atoms with Crippen molar-refractivity contribution in [1.82, 2.24) is 10.2 Å². The molecule has 1 heterocycles. The average molecular weight is 331 g/mol. The van der Waals surface area contributed by atoms with E-state index >= 15 is 0 Å². The molecule has 0 aliphatic carbocycles. The summed E-state index contributed by atoms with van der Waals surface area (Å²) in [5.74, 6) is -5.40. The predicted octanol–water partition coefficient (Wildman–Crippen LogP) is 4.05. The van der Waals surface area contributed by atoms with Crippen LogP contribution in [0.15, 0.2) is 42.5 Å². The van der Waals surface area contributed by atoms with Crippen LogP contribution in [0.5, 0.6) is 0 Å². The van der Waals surface area contributed by atoms with Crippen molar-refractivity contribution in [3.8, 4) is 11.3 Å². The van der Waals surface area contributed by atoms with Crippen LogP contribution in [0.25, 0.3) is 11.3 Å². The molecule has 0 aliphatic rings. The molecule has 0 radical (unpaired) electrons. The van der Waals surface area contributed by atoms with Gasteiger partial charge in [-0.15, -0.1) is 0 Å². The maximum Gasteiger partial charge on any atom is 0.258 e. The van der Waals surface area contributed by atoms with Crippen LogP contribution in [0.3, 0.4) is 0 Å². The minimum Gasteiger partial charge on any atom is -0.322 e. The Bertz CT molecular complexity index is 904. The summed E-state index contributed by atoms with van der Waals surface area (Å²) in [6, 6.07) is 10.1.